The minimum atomic E-state index is -4.45. The van der Waals surface area contributed by atoms with E-state index in [1.807, 2.05) is 4.90 Å². The molecular formula is C27H31F4N5O4S2. The van der Waals surface area contributed by atoms with Crippen LogP contribution in [0.5, 0.6) is 0 Å². The molecule has 2 aromatic heterocycles. The number of sulfonamides is 1. The summed E-state index contributed by atoms with van der Waals surface area (Å²) in [6, 6.07) is 2.77. The van der Waals surface area contributed by atoms with E-state index in [1.54, 1.807) is 11.8 Å². The van der Waals surface area contributed by atoms with Gasteiger partial charge in [0, 0.05) is 61.3 Å². The van der Waals surface area contributed by atoms with Crippen LogP contribution in [-0.2, 0) is 20.0 Å². The van der Waals surface area contributed by atoms with Crippen LogP contribution in [0.4, 0.5) is 29.1 Å². The first-order valence-electron chi connectivity index (χ1n) is 13.5. The number of hydrogen-bond donors (Lipinski definition) is 1. The van der Waals surface area contributed by atoms with Gasteiger partial charge >= 0.3 is 0 Å². The van der Waals surface area contributed by atoms with Gasteiger partial charge in [-0.1, -0.05) is 6.92 Å². The lowest BCUT2D eigenvalue weighted by molar-refractivity contribution is 0.0952. The van der Waals surface area contributed by atoms with Crippen LogP contribution in [0.15, 0.2) is 47.8 Å². The first-order valence-corrected chi connectivity index (χ1v) is 16.4. The van der Waals surface area contributed by atoms with Crippen LogP contribution >= 0.6 is 0 Å². The van der Waals surface area contributed by atoms with E-state index in [0.717, 1.165) is 40.8 Å². The predicted octanol–water partition coefficient (Wildman–Crippen LogP) is 4.63. The van der Waals surface area contributed by atoms with Crippen LogP contribution in [0.2, 0.25) is 0 Å². The molecule has 1 aliphatic heterocycles. The van der Waals surface area contributed by atoms with Crippen molar-refractivity contribution in [2.45, 2.75) is 61.8 Å². The van der Waals surface area contributed by atoms with E-state index in [9.17, 15) is 30.0 Å². The van der Waals surface area contributed by atoms with Crippen molar-refractivity contribution in [3.8, 4) is 0 Å². The Bertz CT molecular complexity index is 1730. The van der Waals surface area contributed by atoms with Crippen LogP contribution < -0.4 is 9.62 Å². The number of rotatable bonds is 9. The van der Waals surface area contributed by atoms with Gasteiger partial charge < -0.3 is 4.90 Å². The maximum absolute atomic E-state index is 15.5. The van der Waals surface area contributed by atoms with Gasteiger partial charge in [0.25, 0.3) is 10.0 Å². The lowest BCUT2D eigenvalue weighted by Crippen LogP contribution is -2.56. The molecular weight excluding hydrogens is 598 g/mol. The standard InChI is InChI=1S/C27H31F4N5O4S2/c1-4-24(36-10-9-34(16-27(36)6-7-27)26-22(31)12-19(29)14-32-26)25-21(30)11-18(28)13-23(25)33-41(37,38)20-5-8-35(15-20)42(39,40)17(2)3/h5,8,11-15,17,24,33H,4,6-7,9-10,16H2,1-3H3. The van der Waals surface area contributed by atoms with E-state index in [1.165, 1.54) is 13.8 Å². The molecule has 1 spiro atoms. The second-order valence-corrected chi connectivity index (χ2v) is 15.0. The molecule has 9 nitrogen and oxygen atoms in total. The summed E-state index contributed by atoms with van der Waals surface area (Å²) in [5.74, 6) is -3.50. The zero-order chi connectivity index (χ0) is 30.6. The summed E-state index contributed by atoms with van der Waals surface area (Å²) in [6.07, 6.45) is 4.71. The Morgan fingerprint density at radius 2 is 1.69 bits per heavy atom. The van der Waals surface area contributed by atoms with Crippen LogP contribution in [0, 0.1) is 23.3 Å². The Hall–Kier alpha value is -3.17. The Labute approximate surface area is 242 Å². The van der Waals surface area contributed by atoms with Crippen LogP contribution in [0.25, 0.3) is 0 Å². The van der Waals surface area contributed by atoms with Crippen molar-refractivity contribution in [3.63, 3.8) is 0 Å². The molecule has 1 atom stereocenters. The first-order chi connectivity index (χ1) is 19.7. The molecule has 1 aromatic carbocycles. The molecule has 1 saturated heterocycles. The Balaban J connectivity index is 1.47. The number of benzene rings is 1. The fraction of sp³-hybridized carbons (Fsp3) is 0.444. The first kappa shape index (κ1) is 30.3. The van der Waals surface area contributed by atoms with Crippen molar-refractivity contribution in [2.24, 2.45) is 0 Å². The van der Waals surface area contributed by atoms with Crippen LogP contribution in [0.1, 0.15) is 51.6 Å². The van der Waals surface area contributed by atoms with E-state index >= 15 is 4.39 Å². The van der Waals surface area contributed by atoms with Crippen molar-refractivity contribution < 1.29 is 34.4 Å². The Morgan fingerprint density at radius 1 is 1.00 bits per heavy atom. The van der Waals surface area contributed by atoms with Crippen LogP contribution in [-0.4, -0.2) is 61.1 Å². The molecule has 42 heavy (non-hydrogen) atoms. The number of nitrogens with zero attached hydrogens (tertiary/aromatic N) is 4. The number of aromatic nitrogens is 2. The Morgan fingerprint density at radius 3 is 2.31 bits per heavy atom. The number of piperazine rings is 1. The number of pyridine rings is 1. The van der Waals surface area contributed by atoms with Gasteiger partial charge in [-0.15, -0.1) is 0 Å². The fourth-order valence-electron chi connectivity index (χ4n) is 5.60. The zero-order valence-electron chi connectivity index (χ0n) is 23.2. The molecule has 1 unspecified atom stereocenters. The third-order valence-corrected chi connectivity index (χ3v) is 11.3. The molecule has 228 valence electrons. The number of halogens is 4. The topological polar surface area (TPSA) is 105 Å². The van der Waals surface area contributed by atoms with Crippen molar-refractivity contribution in [2.75, 3.05) is 29.3 Å². The van der Waals surface area contributed by atoms with Gasteiger partial charge in [0.05, 0.1) is 17.1 Å². The summed E-state index contributed by atoms with van der Waals surface area (Å²) in [5.41, 5.74) is -0.855. The van der Waals surface area contributed by atoms with Gasteiger partial charge in [-0.3, -0.25) is 13.6 Å². The van der Waals surface area contributed by atoms with Crippen molar-refractivity contribution in [3.05, 3.63) is 71.7 Å². The molecule has 5 rings (SSSR count). The maximum atomic E-state index is 15.5. The Kier molecular flexibility index (Phi) is 7.81. The largest absolute Gasteiger partial charge is 0.351 e. The highest BCUT2D eigenvalue weighted by atomic mass is 32.2. The minimum absolute atomic E-state index is 0.0169. The molecule has 3 heterocycles. The van der Waals surface area contributed by atoms with Gasteiger partial charge in [-0.25, -0.2) is 39.4 Å². The maximum Gasteiger partial charge on any atom is 0.263 e. The summed E-state index contributed by atoms with van der Waals surface area (Å²) >= 11 is 0. The van der Waals surface area contributed by atoms with E-state index < -0.39 is 65.0 Å². The molecule has 1 N–H and O–H groups in total. The highest BCUT2D eigenvalue weighted by Crippen LogP contribution is 2.50. The van der Waals surface area contributed by atoms with E-state index in [0.29, 0.717) is 38.4 Å². The average molecular weight is 630 g/mol. The summed E-state index contributed by atoms with van der Waals surface area (Å²) < 4.78 is 113. The molecule has 15 heteroatoms. The van der Waals surface area contributed by atoms with Crippen molar-refractivity contribution in [1.82, 2.24) is 13.9 Å². The van der Waals surface area contributed by atoms with Gasteiger partial charge in [-0.2, -0.15) is 0 Å². The number of hydrogen-bond acceptors (Lipinski definition) is 7. The minimum Gasteiger partial charge on any atom is -0.351 e. The fourth-order valence-corrected chi connectivity index (χ4v) is 7.71. The van der Waals surface area contributed by atoms with E-state index in [-0.39, 0.29) is 23.6 Å². The van der Waals surface area contributed by atoms with Crippen molar-refractivity contribution in [1.29, 1.82) is 0 Å². The molecule has 2 fully saturated rings. The summed E-state index contributed by atoms with van der Waals surface area (Å²) in [4.78, 5) is 7.27. The molecule has 0 bridgehead atoms. The second kappa shape index (κ2) is 10.8. The van der Waals surface area contributed by atoms with Crippen molar-refractivity contribution >= 4 is 31.6 Å². The molecule has 3 aromatic rings. The number of nitrogens with one attached hydrogen (secondary N) is 1. The predicted molar refractivity (Wildman–Crippen MR) is 149 cm³/mol. The average Bonchev–Trinajstić information content (AvgIpc) is 3.44. The van der Waals surface area contributed by atoms with Gasteiger partial charge in [-0.05, 0) is 45.2 Å². The normalized spacial score (nSPS) is 18.0. The van der Waals surface area contributed by atoms with Gasteiger partial charge in [0.15, 0.2) is 11.6 Å². The highest BCUT2D eigenvalue weighted by Gasteiger charge is 2.54. The monoisotopic (exact) mass is 629 g/mol. The summed E-state index contributed by atoms with van der Waals surface area (Å²) in [6.45, 7) is 5.65. The quantitative estimate of drug-likeness (QED) is 0.344. The highest BCUT2D eigenvalue weighted by molar-refractivity contribution is 7.93. The third-order valence-electron chi connectivity index (χ3n) is 7.90. The van der Waals surface area contributed by atoms with Crippen LogP contribution in [0.3, 0.4) is 0 Å². The second-order valence-electron chi connectivity index (χ2n) is 10.9. The summed E-state index contributed by atoms with van der Waals surface area (Å²) in [7, 11) is -8.28. The summed E-state index contributed by atoms with van der Waals surface area (Å²) in [5, 5.41) is -0.812. The van der Waals surface area contributed by atoms with Gasteiger partial charge in [0.2, 0.25) is 10.0 Å². The molecule has 2 aliphatic rings. The lowest BCUT2D eigenvalue weighted by Gasteiger charge is -2.46. The smallest absolute Gasteiger partial charge is 0.263 e. The SMILES string of the molecule is CCC(c1c(F)cc(F)cc1NS(=O)(=O)c1ccn(S(=O)(=O)C(C)C)c1)N1CCN(c2ncc(F)cc2F)CC12CC2. The molecule has 1 saturated carbocycles. The molecule has 1 aliphatic carbocycles. The third kappa shape index (κ3) is 5.49. The van der Waals surface area contributed by atoms with E-state index in [4.69, 9.17) is 0 Å². The molecule has 0 radical (unpaired) electrons. The number of anilines is 2. The molecule has 0 amide bonds. The van der Waals surface area contributed by atoms with Gasteiger partial charge in [0.1, 0.15) is 22.3 Å². The van der Waals surface area contributed by atoms with E-state index in [2.05, 4.69) is 9.71 Å². The zero-order valence-corrected chi connectivity index (χ0v) is 24.8. The lowest BCUT2D eigenvalue weighted by atomic mass is 9.96.